The third kappa shape index (κ3) is 4.17. The molecule has 0 saturated carbocycles. The van der Waals surface area contributed by atoms with E-state index < -0.39 is 0 Å². The molecule has 1 aliphatic rings. The van der Waals surface area contributed by atoms with Crippen LogP contribution in [0.2, 0.25) is 0 Å². The first kappa shape index (κ1) is 15.3. The maximum Gasteiger partial charge on any atom is 0.224 e. The summed E-state index contributed by atoms with van der Waals surface area (Å²) in [7, 11) is 4.01. The van der Waals surface area contributed by atoms with Crippen LogP contribution in [0, 0.1) is 11.3 Å². The number of aromatic nitrogens is 1. The minimum absolute atomic E-state index is 0.191. The second-order valence-electron chi connectivity index (χ2n) is 5.41. The van der Waals surface area contributed by atoms with E-state index in [4.69, 9.17) is 5.26 Å². The Bertz CT molecular complexity index is 537. The molecule has 0 unspecified atom stereocenters. The molecule has 6 heteroatoms. The number of hydrogen-bond donors (Lipinski definition) is 0. The number of amides is 1. The summed E-state index contributed by atoms with van der Waals surface area (Å²) in [4.78, 5) is 22.5. The van der Waals surface area contributed by atoms with Crippen LogP contribution in [-0.2, 0) is 4.79 Å². The summed E-state index contributed by atoms with van der Waals surface area (Å²) in [5.74, 6) is 0.965. The number of nitrogens with zero attached hydrogens (tertiary/aromatic N) is 5. The third-order valence-electron chi connectivity index (χ3n) is 3.58. The van der Waals surface area contributed by atoms with Gasteiger partial charge in [-0.2, -0.15) is 5.26 Å². The highest BCUT2D eigenvalue weighted by atomic mass is 16.2. The lowest BCUT2D eigenvalue weighted by Crippen LogP contribution is -2.38. The van der Waals surface area contributed by atoms with Gasteiger partial charge in [0.15, 0.2) is 0 Å². The molecule has 1 aromatic rings. The Labute approximate surface area is 125 Å². The molecule has 1 fully saturated rings. The number of anilines is 1. The molecule has 0 spiro atoms. The van der Waals surface area contributed by atoms with Crippen molar-refractivity contribution in [1.82, 2.24) is 14.8 Å². The van der Waals surface area contributed by atoms with Crippen molar-refractivity contribution in [2.24, 2.45) is 0 Å². The smallest absolute Gasteiger partial charge is 0.224 e. The van der Waals surface area contributed by atoms with E-state index in [1.54, 1.807) is 6.07 Å². The zero-order valence-electron chi connectivity index (χ0n) is 12.6. The largest absolute Gasteiger partial charge is 0.354 e. The number of rotatable bonds is 4. The summed E-state index contributed by atoms with van der Waals surface area (Å²) < 4.78 is 0. The van der Waals surface area contributed by atoms with Crippen LogP contribution in [0.25, 0.3) is 0 Å². The molecule has 1 aromatic heterocycles. The van der Waals surface area contributed by atoms with E-state index in [9.17, 15) is 4.79 Å². The topological polar surface area (TPSA) is 63.5 Å². The van der Waals surface area contributed by atoms with Crippen LogP contribution in [0.5, 0.6) is 0 Å². The van der Waals surface area contributed by atoms with Crippen LogP contribution in [0.3, 0.4) is 0 Å². The zero-order valence-corrected chi connectivity index (χ0v) is 12.6. The monoisotopic (exact) mass is 287 g/mol. The Balaban J connectivity index is 2.02. The molecule has 112 valence electrons. The van der Waals surface area contributed by atoms with Gasteiger partial charge in [0.2, 0.25) is 5.91 Å². The van der Waals surface area contributed by atoms with Crippen molar-refractivity contribution in [2.75, 3.05) is 51.7 Å². The van der Waals surface area contributed by atoms with Gasteiger partial charge in [0.25, 0.3) is 0 Å². The molecule has 1 amide bonds. The average Bonchev–Trinajstić information content (AvgIpc) is 2.67. The summed E-state index contributed by atoms with van der Waals surface area (Å²) in [5, 5.41) is 8.92. The highest BCUT2D eigenvalue weighted by Gasteiger charge is 2.21. The van der Waals surface area contributed by atoms with Crippen LogP contribution in [0.15, 0.2) is 18.2 Å². The predicted molar refractivity (Wildman–Crippen MR) is 80.9 cm³/mol. The van der Waals surface area contributed by atoms with Crippen molar-refractivity contribution >= 4 is 11.7 Å². The predicted octanol–water partition coefficient (Wildman–Crippen LogP) is 0.554. The third-order valence-corrected chi connectivity index (χ3v) is 3.58. The number of pyridine rings is 1. The zero-order chi connectivity index (χ0) is 15.2. The minimum Gasteiger partial charge on any atom is -0.354 e. The standard InChI is InChI=1S/C15H21N5O/c1-18(2)8-9-20-11-10-19(7-6-15(20)21)14-5-3-4-13(12-16)17-14/h3-5H,6-11H2,1-2H3. The molecular weight excluding hydrogens is 266 g/mol. The van der Waals surface area contributed by atoms with Gasteiger partial charge in [-0.3, -0.25) is 4.79 Å². The van der Waals surface area contributed by atoms with Crippen LogP contribution in [0.4, 0.5) is 5.82 Å². The van der Waals surface area contributed by atoms with Gasteiger partial charge in [0.05, 0.1) is 0 Å². The van der Waals surface area contributed by atoms with Gasteiger partial charge >= 0.3 is 0 Å². The number of carbonyl (C=O) groups excluding carboxylic acids is 1. The van der Waals surface area contributed by atoms with Crippen molar-refractivity contribution in [2.45, 2.75) is 6.42 Å². The first-order valence-electron chi connectivity index (χ1n) is 7.15. The minimum atomic E-state index is 0.191. The van der Waals surface area contributed by atoms with Gasteiger partial charge in [-0.05, 0) is 26.2 Å². The maximum absolute atomic E-state index is 12.1. The molecule has 6 nitrogen and oxygen atoms in total. The Hall–Kier alpha value is -2.13. The molecule has 0 aliphatic carbocycles. The fourth-order valence-electron chi connectivity index (χ4n) is 2.31. The Kier molecular flexibility index (Phi) is 5.12. The molecule has 0 N–H and O–H groups in total. The lowest BCUT2D eigenvalue weighted by Gasteiger charge is -2.24. The number of hydrogen-bond acceptors (Lipinski definition) is 5. The van der Waals surface area contributed by atoms with Gasteiger partial charge in [-0.25, -0.2) is 4.98 Å². The molecule has 0 atom stereocenters. The molecule has 21 heavy (non-hydrogen) atoms. The number of carbonyl (C=O) groups is 1. The Morgan fingerprint density at radius 1 is 1.33 bits per heavy atom. The average molecular weight is 287 g/mol. The van der Waals surface area contributed by atoms with E-state index in [1.165, 1.54) is 0 Å². The maximum atomic E-state index is 12.1. The van der Waals surface area contributed by atoms with E-state index in [-0.39, 0.29) is 5.91 Å². The van der Waals surface area contributed by atoms with Gasteiger partial charge in [0.1, 0.15) is 17.6 Å². The van der Waals surface area contributed by atoms with E-state index in [1.807, 2.05) is 31.1 Å². The van der Waals surface area contributed by atoms with Crippen molar-refractivity contribution in [1.29, 1.82) is 5.26 Å². The normalized spacial score (nSPS) is 16.0. The molecule has 2 heterocycles. The second kappa shape index (κ2) is 7.04. The molecule has 0 radical (unpaired) electrons. The van der Waals surface area contributed by atoms with E-state index in [0.717, 1.165) is 25.5 Å². The summed E-state index contributed by atoms with van der Waals surface area (Å²) in [6.45, 7) is 3.73. The van der Waals surface area contributed by atoms with Gasteiger partial charge < -0.3 is 14.7 Å². The summed E-state index contributed by atoms with van der Waals surface area (Å²) in [5.41, 5.74) is 0.410. The van der Waals surface area contributed by atoms with Crippen LogP contribution in [-0.4, -0.2) is 67.5 Å². The molecule has 2 rings (SSSR count). The lowest BCUT2D eigenvalue weighted by molar-refractivity contribution is -0.130. The first-order valence-corrected chi connectivity index (χ1v) is 7.15. The van der Waals surface area contributed by atoms with Crippen LogP contribution < -0.4 is 4.90 Å². The molecule has 0 aromatic carbocycles. The van der Waals surface area contributed by atoms with Crippen molar-refractivity contribution < 1.29 is 4.79 Å². The molecule has 0 bridgehead atoms. The highest BCUT2D eigenvalue weighted by Crippen LogP contribution is 2.14. The van der Waals surface area contributed by atoms with Crippen LogP contribution in [0.1, 0.15) is 12.1 Å². The van der Waals surface area contributed by atoms with E-state index >= 15 is 0 Å². The summed E-state index contributed by atoms with van der Waals surface area (Å²) >= 11 is 0. The summed E-state index contributed by atoms with van der Waals surface area (Å²) in [6, 6.07) is 7.46. The Morgan fingerprint density at radius 2 is 2.14 bits per heavy atom. The van der Waals surface area contributed by atoms with E-state index in [0.29, 0.717) is 25.2 Å². The van der Waals surface area contributed by atoms with Crippen molar-refractivity contribution in [3.63, 3.8) is 0 Å². The molecule has 1 saturated heterocycles. The number of likely N-dealkylation sites (N-methyl/N-ethyl adjacent to an activating group) is 1. The van der Waals surface area contributed by atoms with Crippen LogP contribution >= 0.6 is 0 Å². The van der Waals surface area contributed by atoms with Gasteiger partial charge in [-0.15, -0.1) is 0 Å². The Morgan fingerprint density at radius 3 is 2.86 bits per heavy atom. The van der Waals surface area contributed by atoms with E-state index in [2.05, 4.69) is 20.9 Å². The number of nitriles is 1. The summed E-state index contributed by atoms with van der Waals surface area (Å²) in [6.07, 6.45) is 0.492. The van der Waals surface area contributed by atoms with Gasteiger partial charge in [0, 0.05) is 39.1 Å². The quantitative estimate of drug-likeness (QED) is 0.809. The first-order chi connectivity index (χ1) is 10.1. The highest BCUT2D eigenvalue weighted by molar-refractivity contribution is 5.77. The van der Waals surface area contributed by atoms with Crippen molar-refractivity contribution in [3.05, 3.63) is 23.9 Å². The van der Waals surface area contributed by atoms with Gasteiger partial charge in [-0.1, -0.05) is 6.07 Å². The SMILES string of the molecule is CN(C)CCN1CCN(c2cccc(C#N)n2)CCC1=O. The van der Waals surface area contributed by atoms with Crippen molar-refractivity contribution in [3.8, 4) is 6.07 Å². The second-order valence-corrected chi connectivity index (χ2v) is 5.41. The fourth-order valence-corrected chi connectivity index (χ4v) is 2.31. The molecule has 1 aliphatic heterocycles. The fraction of sp³-hybridized carbons (Fsp3) is 0.533. The lowest BCUT2D eigenvalue weighted by atomic mass is 10.3. The molecular formula is C15H21N5O.